The topological polar surface area (TPSA) is 17.1 Å². The lowest BCUT2D eigenvalue weighted by Gasteiger charge is -2.19. The molecule has 3 rings (SSSR count). The van der Waals surface area contributed by atoms with Gasteiger partial charge in [-0.05, 0) is 43.9 Å². The number of hydrogen-bond acceptors (Lipinski definition) is 1. The van der Waals surface area contributed by atoms with Crippen LogP contribution in [0.5, 0.6) is 0 Å². The van der Waals surface area contributed by atoms with Gasteiger partial charge in [0.25, 0.3) is 0 Å². The highest BCUT2D eigenvalue weighted by Gasteiger charge is 2.46. The second kappa shape index (κ2) is 2.34. The Balaban J connectivity index is 1.73. The zero-order chi connectivity index (χ0) is 8.13. The summed E-state index contributed by atoms with van der Waals surface area (Å²) in [6.45, 7) is 0. The van der Waals surface area contributed by atoms with E-state index in [0.29, 0.717) is 17.6 Å². The van der Waals surface area contributed by atoms with E-state index in [1.807, 2.05) is 0 Å². The molecule has 3 fully saturated rings. The van der Waals surface area contributed by atoms with E-state index in [-0.39, 0.29) is 0 Å². The zero-order valence-corrected chi connectivity index (χ0v) is 7.46. The molecule has 0 spiro atoms. The molecule has 0 aromatic carbocycles. The van der Waals surface area contributed by atoms with Crippen molar-refractivity contribution in [2.24, 2.45) is 23.7 Å². The Labute approximate surface area is 73.5 Å². The summed E-state index contributed by atoms with van der Waals surface area (Å²) in [5, 5.41) is 0. The zero-order valence-electron chi connectivity index (χ0n) is 7.46. The predicted molar refractivity (Wildman–Crippen MR) is 46.7 cm³/mol. The summed E-state index contributed by atoms with van der Waals surface area (Å²) < 4.78 is 0. The fraction of sp³-hybridized carbons (Fsp3) is 0.909. The summed E-state index contributed by atoms with van der Waals surface area (Å²) >= 11 is 0. The summed E-state index contributed by atoms with van der Waals surface area (Å²) in [5.41, 5.74) is 0. The van der Waals surface area contributed by atoms with Gasteiger partial charge in [-0.3, -0.25) is 4.79 Å². The first-order valence-electron chi connectivity index (χ1n) is 5.38. The van der Waals surface area contributed by atoms with Gasteiger partial charge in [0, 0.05) is 11.8 Å². The molecule has 3 unspecified atom stereocenters. The van der Waals surface area contributed by atoms with Crippen LogP contribution in [-0.4, -0.2) is 5.78 Å². The second-order valence-corrected chi connectivity index (χ2v) is 4.96. The highest BCUT2D eigenvalue weighted by molar-refractivity contribution is 5.86. The van der Waals surface area contributed by atoms with Crippen LogP contribution in [0.25, 0.3) is 0 Å². The number of carbonyl (C=O) groups is 1. The lowest BCUT2D eigenvalue weighted by molar-refractivity contribution is -0.125. The maximum Gasteiger partial charge on any atom is 0.139 e. The van der Waals surface area contributed by atoms with Crippen LogP contribution in [0.15, 0.2) is 0 Å². The molecule has 0 heterocycles. The quantitative estimate of drug-likeness (QED) is 0.612. The Hall–Kier alpha value is -0.330. The van der Waals surface area contributed by atoms with Crippen molar-refractivity contribution in [3.63, 3.8) is 0 Å². The van der Waals surface area contributed by atoms with Crippen LogP contribution in [0, 0.1) is 23.7 Å². The summed E-state index contributed by atoms with van der Waals surface area (Å²) in [6.07, 6.45) is 7.80. The van der Waals surface area contributed by atoms with Crippen molar-refractivity contribution < 1.29 is 4.79 Å². The van der Waals surface area contributed by atoms with E-state index in [0.717, 1.165) is 11.8 Å². The van der Waals surface area contributed by atoms with Crippen molar-refractivity contribution in [1.29, 1.82) is 0 Å². The van der Waals surface area contributed by atoms with Crippen LogP contribution in [-0.2, 0) is 4.79 Å². The van der Waals surface area contributed by atoms with Gasteiger partial charge in [-0.15, -0.1) is 0 Å². The third-order valence-electron chi connectivity index (χ3n) is 4.08. The molecule has 1 heteroatoms. The summed E-state index contributed by atoms with van der Waals surface area (Å²) in [5.74, 6) is 3.40. The number of ketones is 1. The van der Waals surface area contributed by atoms with Crippen LogP contribution >= 0.6 is 0 Å². The minimum atomic E-state index is 0.509. The molecule has 0 radical (unpaired) electrons. The molecule has 0 saturated heterocycles. The van der Waals surface area contributed by atoms with Gasteiger partial charge in [0.1, 0.15) is 5.78 Å². The first-order chi connectivity index (χ1) is 5.84. The molecule has 0 N–H and O–H groups in total. The van der Waals surface area contributed by atoms with Crippen molar-refractivity contribution in [3.05, 3.63) is 0 Å². The number of fused-ring (bicyclic) bond motifs is 2. The highest BCUT2D eigenvalue weighted by atomic mass is 16.1. The van der Waals surface area contributed by atoms with Crippen molar-refractivity contribution in [3.8, 4) is 0 Å². The van der Waals surface area contributed by atoms with E-state index < -0.39 is 0 Å². The van der Waals surface area contributed by atoms with Crippen molar-refractivity contribution in [2.75, 3.05) is 0 Å². The molecule has 3 atom stereocenters. The van der Waals surface area contributed by atoms with Gasteiger partial charge in [-0.25, -0.2) is 0 Å². The van der Waals surface area contributed by atoms with Gasteiger partial charge < -0.3 is 0 Å². The SMILES string of the molecule is O=C(C1CC1)C1CC2CCC1C2. The minimum absolute atomic E-state index is 0.509. The molecule has 3 saturated carbocycles. The first kappa shape index (κ1) is 7.11. The van der Waals surface area contributed by atoms with E-state index in [9.17, 15) is 4.79 Å². The highest BCUT2D eigenvalue weighted by Crippen LogP contribution is 2.51. The molecule has 3 aliphatic rings. The largest absolute Gasteiger partial charge is 0.299 e. The maximum atomic E-state index is 11.8. The van der Waals surface area contributed by atoms with E-state index in [1.54, 1.807) is 0 Å². The number of hydrogen-bond donors (Lipinski definition) is 0. The number of carbonyl (C=O) groups excluding carboxylic acids is 1. The summed E-state index contributed by atoms with van der Waals surface area (Å²) in [7, 11) is 0. The molecule has 0 aromatic heterocycles. The van der Waals surface area contributed by atoms with Crippen LogP contribution in [0.1, 0.15) is 38.5 Å². The van der Waals surface area contributed by atoms with Gasteiger partial charge in [-0.2, -0.15) is 0 Å². The molecule has 2 bridgehead atoms. The molecule has 3 aliphatic carbocycles. The standard InChI is InChI=1S/C11H16O/c12-11(8-3-4-8)10-6-7-1-2-9(10)5-7/h7-10H,1-6H2. The molecule has 12 heavy (non-hydrogen) atoms. The van der Waals surface area contributed by atoms with Crippen molar-refractivity contribution in [1.82, 2.24) is 0 Å². The predicted octanol–water partition coefficient (Wildman–Crippen LogP) is 2.40. The lowest BCUT2D eigenvalue weighted by atomic mass is 9.84. The summed E-state index contributed by atoms with van der Waals surface area (Å²) in [6, 6.07) is 0. The van der Waals surface area contributed by atoms with Crippen LogP contribution in [0.3, 0.4) is 0 Å². The molecule has 1 nitrogen and oxygen atoms in total. The summed E-state index contributed by atoms with van der Waals surface area (Å²) in [4.78, 5) is 11.8. The van der Waals surface area contributed by atoms with Gasteiger partial charge >= 0.3 is 0 Å². The Morgan fingerprint density at radius 1 is 1.00 bits per heavy atom. The lowest BCUT2D eigenvalue weighted by Crippen LogP contribution is -2.22. The van der Waals surface area contributed by atoms with E-state index in [4.69, 9.17) is 0 Å². The van der Waals surface area contributed by atoms with E-state index >= 15 is 0 Å². The number of rotatable bonds is 2. The average molecular weight is 164 g/mol. The van der Waals surface area contributed by atoms with Crippen LogP contribution < -0.4 is 0 Å². The smallest absolute Gasteiger partial charge is 0.139 e. The van der Waals surface area contributed by atoms with Crippen LogP contribution in [0.2, 0.25) is 0 Å². The van der Waals surface area contributed by atoms with E-state index in [2.05, 4.69) is 0 Å². The molecule has 66 valence electrons. The molecule has 0 aliphatic heterocycles. The van der Waals surface area contributed by atoms with Gasteiger partial charge in [-0.1, -0.05) is 6.42 Å². The normalized spacial score (nSPS) is 45.2. The second-order valence-electron chi connectivity index (χ2n) is 4.96. The third kappa shape index (κ3) is 0.949. The third-order valence-corrected chi connectivity index (χ3v) is 4.08. The van der Waals surface area contributed by atoms with Gasteiger partial charge in [0.2, 0.25) is 0 Å². The van der Waals surface area contributed by atoms with Gasteiger partial charge in [0.15, 0.2) is 0 Å². The maximum absolute atomic E-state index is 11.8. The number of Topliss-reactive ketones (excluding diaryl/α,β-unsaturated/α-hetero) is 1. The van der Waals surface area contributed by atoms with Crippen molar-refractivity contribution >= 4 is 5.78 Å². The first-order valence-corrected chi connectivity index (χ1v) is 5.38. The minimum Gasteiger partial charge on any atom is -0.299 e. The fourth-order valence-electron chi connectivity index (χ4n) is 3.26. The Kier molecular flexibility index (Phi) is 1.38. The van der Waals surface area contributed by atoms with Crippen molar-refractivity contribution in [2.45, 2.75) is 38.5 Å². The fourth-order valence-corrected chi connectivity index (χ4v) is 3.26. The Morgan fingerprint density at radius 2 is 1.83 bits per heavy atom. The molecular weight excluding hydrogens is 148 g/mol. The van der Waals surface area contributed by atoms with Gasteiger partial charge in [0.05, 0.1) is 0 Å². The Morgan fingerprint density at radius 3 is 2.33 bits per heavy atom. The molecule has 0 amide bonds. The van der Waals surface area contributed by atoms with Crippen LogP contribution in [0.4, 0.5) is 0 Å². The molecule has 0 aromatic rings. The monoisotopic (exact) mass is 164 g/mol. The average Bonchev–Trinajstić information content (AvgIpc) is 2.73. The van der Waals surface area contributed by atoms with E-state index in [1.165, 1.54) is 38.5 Å². The molecular formula is C11H16O. The Bertz CT molecular complexity index is 217.